The van der Waals surface area contributed by atoms with Gasteiger partial charge in [0.25, 0.3) is 0 Å². The molecule has 0 bridgehead atoms. The lowest BCUT2D eigenvalue weighted by Crippen LogP contribution is -3.41. The zero-order chi connectivity index (χ0) is 8.27. The molecule has 1 aliphatic rings. The van der Waals surface area contributed by atoms with Crippen LogP contribution in [0.25, 0.3) is 0 Å². The van der Waals surface area contributed by atoms with Crippen molar-refractivity contribution in [1.29, 1.82) is 0 Å². The minimum Gasteiger partial charge on any atom is -0.341 e. The van der Waals surface area contributed by atoms with E-state index in [2.05, 4.69) is 3.11 Å². The van der Waals surface area contributed by atoms with Gasteiger partial charge < -0.3 is 4.90 Å². The van der Waals surface area contributed by atoms with Gasteiger partial charge in [-0.3, -0.25) is 4.79 Å². The van der Waals surface area contributed by atoms with Crippen LogP contribution in [0.2, 0.25) is 0 Å². The molecule has 0 unspecified atom stereocenters. The molecular formula is C7H14IN2O+. The third-order valence-electron chi connectivity index (χ3n) is 1.90. The number of nitrogens with zero attached hydrogens (tertiary/aromatic N) is 2. The van der Waals surface area contributed by atoms with Crippen LogP contribution in [0.4, 0.5) is 0 Å². The van der Waals surface area contributed by atoms with Gasteiger partial charge in [-0.1, -0.05) is 3.11 Å². The largest absolute Gasteiger partial charge is 0.370 e. The molecule has 0 radical (unpaired) electrons. The van der Waals surface area contributed by atoms with Crippen molar-refractivity contribution in [2.75, 3.05) is 26.2 Å². The van der Waals surface area contributed by atoms with Crippen LogP contribution in [0.5, 0.6) is 0 Å². The minimum atomic E-state index is 0.210. The SMILES string of the molecule is CC(=O)N1CCCN([IH+])CC1. The second-order valence-electron chi connectivity index (χ2n) is 2.79. The molecule has 1 amide bonds. The molecular weight excluding hydrogens is 255 g/mol. The highest BCUT2D eigenvalue weighted by Gasteiger charge is 2.17. The van der Waals surface area contributed by atoms with Crippen LogP contribution in [0, 0.1) is 0 Å². The monoisotopic (exact) mass is 269 g/mol. The summed E-state index contributed by atoms with van der Waals surface area (Å²) in [6.07, 6.45) is 1.11. The number of amides is 1. The lowest BCUT2D eigenvalue weighted by Gasteiger charge is -2.16. The molecule has 0 aliphatic carbocycles. The van der Waals surface area contributed by atoms with E-state index in [1.54, 1.807) is 6.92 Å². The van der Waals surface area contributed by atoms with Gasteiger partial charge in [-0.25, -0.2) is 0 Å². The second-order valence-corrected chi connectivity index (χ2v) is 4.26. The van der Waals surface area contributed by atoms with E-state index in [0.29, 0.717) is 0 Å². The first-order chi connectivity index (χ1) is 5.20. The van der Waals surface area contributed by atoms with E-state index < -0.39 is 0 Å². The molecule has 1 aliphatic heterocycles. The van der Waals surface area contributed by atoms with E-state index in [9.17, 15) is 4.79 Å². The first-order valence-corrected chi connectivity index (χ1v) is 4.92. The number of halogens is 1. The van der Waals surface area contributed by atoms with Crippen molar-refractivity contribution >= 4 is 5.91 Å². The summed E-state index contributed by atoms with van der Waals surface area (Å²) in [6.45, 7) is 5.61. The summed E-state index contributed by atoms with van der Waals surface area (Å²) in [5.74, 6) is 0.210. The summed E-state index contributed by atoms with van der Waals surface area (Å²) in [6, 6.07) is 0. The highest BCUT2D eigenvalue weighted by Crippen LogP contribution is 1.97. The van der Waals surface area contributed by atoms with Gasteiger partial charge in [-0.2, -0.15) is 0 Å². The van der Waals surface area contributed by atoms with Crippen molar-refractivity contribution < 1.29 is 27.7 Å². The molecule has 1 fully saturated rings. The topological polar surface area (TPSA) is 23.6 Å². The Balaban J connectivity index is 2.40. The van der Waals surface area contributed by atoms with E-state index in [4.69, 9.17) is 0 Å². The highest BCUT2D eigenvalue weighted by atomic mass is 127. The zero-order valence-corrected chi connectivity index (χ0v) is 9.08. The maximum atomic E-state index is 11.0. The average molecular weight is 269 g/mol. The van der Waals surface area contributed by atoms with Crippen molar-refractivity contribution in [3.63, 3.8) is 0 Å². The zero-order valence-electron chi connectivity index (χ0n) is 6.75. The lowest BCUT2D eigenvalue weighted by molar-refractivity contribution is -0.573. The van der Waals surface area contributed by atoms with Crippen molar-refractivity contribution in [2.24, 2.45) is 0 Å². The van der Waals surface area contributed by atoms with Gasteiger partial charge in [0, 0.05) is 26.6 Å². The summed E-state index contributed by atoms with van der Waals surface area (Å²) in [5.41, 5.74) is 0. The fourth-order valence-corrected chi connectivity index (χ4v) is 1.81. The predicted molar refractivity (Wildman–Crippen MR) is 39.8 cm³/mol. The average Bonchev–Trinajstić information content (AvgIpc) is 2.13. The Labute approximate surface area is 81.2 Å². The lowest BCUT2D eigenvalue weighted by atomic mass is 10.4. The van der Waals surface area contributed by atoms with Gasteiger partial charge in [-0.05, 0) is 6.42 Å². The third kappa shape index (κ3) is 2.94. The Hall–Kier alpha value is 0.160. The molecule has 1 heterocycles. The van der Waals surface area contributed by atoms with Crippen molar-refractivity contribution in [3.05, 3.63) is 0 Å². The molecule has 4 heteroatoms. The maximum absolute atomic E-state index is 11.0. The molecule has 0 atom stereocenters. The standard InChI is InChI=1S/C7H14IN2O/c1-7(11)9-3-2-4-10(8)6-5-9/h8H,2-6H2,1H3/q+1. The van der Waals surface area contributed by atoms with E-state index >= 15 is 0 Å². The van der Waals surface area contributed by atoms with E-state index in [0.717, 1.165) is 32.6 Å². The maximum Gasteiger partial charge on any atom is 0.370 e. The first kappa shape index (κ1) is 9.25. The molecule has 11 heavy (non-hydrogen) atoms. The quantitative estimate of drug-likeness (QED) is 0.340. The van der Waals surface area contributed by atoms with Crippen LogP contribution in [0.15, 0.2) is 0 Å². The normalized spacial score (nSPS) is 21.5. The molecule has 0 saturated carbocycles. The Morgan fingerprint density at radius 2 is 2.00 bits per heavy atom. The Bertz CT molecular complexity index is 151. The molecule has 0 aromatic carbocycles. The fraction of sp³-hybridized carbons (Fsp3) is 0.857. The van der Waals surface area contributed by atoms with Crippen LogP contribution in [-0.2, 0) is 4.79 Å². The number of hydrogen-bond acceptors (Lipinski definition) is 2. The summed E-state index contributed by atoms with van der Waals surface area (Å²) < 4.78 is 2.28. The van der Waals surface area contributed by atoms with Gasteiger partial charge in [0.1, 0.15) is 0 Å². The summed E-state index contributed by atoms with van der Waals surface area (Å²) in [5, 5.41) is 0. The van der Waals surface area contributed by atoms with E-state index in [1.807, 2.05) is 27.8 Å². The van der Waals surface area contributed by atoms with Crippen LogP contribution < -0.4 is 22.9 Å². The Kier molecular flexibility index (Phi) is 3.58. The molecule has 0 spiro atoms. The Morgan fingerprint density at radius 3 is 2.64 bits per heavy atom. The van der Waals surface area contributed by atoms with Gasteiger partial charge >= 0.3 is 22.9 Å². The fourth-order valence-electron chi connectivity index (χ4n) is 1.21. The smallest absolute Gasteiger partial charge is 0.341 e. The molecule has 0 aromatic rings. The summed E-state index contributed by atoms with van der Waals surface area (Å²) in [7, 11) is 0. The van der Waals surface area contributed by atoms with E-state index in [1.165, 1.54) is 0 Å². The predicted octanol–water partition coefficient (Wildman–Crippen LogP) is -3.26. The third-order valence-corrected chi connectivity index (χ3v) is 2.94. The van der Waals surface area contributed by atoms with Crippen LogP contribution in [-0.4, -0.2) is 40.1 Å². The van der Waals surface area contributed by atoms with Crippen LogP contribution in [0.1, 0.15) is 13.3 Å². The molecule has 64 valence electrons. The Morgan fingerprint density at radius 1 is 1.27 bits per heavy atom. The van der Waals surface area contributed by atoms with Gasteiger partial charge in [0.15, 0.2) is 0 Å². The number of carbonyl (C=O) groups excluding carboxylic acids is 1. The van der Waals surface area contributed by atoms with Gasteiger partial charge in [0.05, 0.1) is 6.54 Å². The molecule has 3 nitrogen and oxygen atoms in total. The highest BCUT2D eigenvalue weighted by molar-refractivity contribution is 5.73. The van der Waals surface area contributed by atoms with Gasteiger partial charge in [-0.15, -0.1) is 0 Å². The van der Waals surface area contributed by atoms with E-state index in [-0.39, 0.29) is 5.91 Å². The minimum absolute atomic E-state index is 0.210. The number of carbonyl (C=O) groups is 1. The van der Waals surface area contributed by atoms with Crippen molar-refractivity contribution in [2.45, 2.75) is 13.3 Å². The second kappa shape index (κ2) is 4.25. The van der Waals surface area contributed by atoms with Crippen molar-refractivity contribution in [1.82, 2.24) is 8.01 Å². The molecule has 0 N–H and O–H groups in total. The van der Waals surface area contributed by atoms with Crippen molar-refractivity contribution in [3.8, 4) is 0 Å². The summed E-state index contributed by atoms with van der Waals surface area (Å²) >= 11 is 2.03. The molecule has 1 rings (SSSR count). The number of hydrogen-bond donors (Lipinski definition) is 0. The van der Waals surface area contributed by atoms with Crippen LogP contribution >= 0.6 is 0 Å². The van der Waals surface area contributed by atoms with Crippen LogP contribution in [0.3, 0.4) is 0 Å². The molecule has 1 saturated heterocycles. The first-order valence-electron chi connectivity index (χ1n) is 3.88. The van der Waals surface area contributed by atoms with Gasteiger partial charge in [0.2, 0.25) is 5.91 Å². The number of rotatable bonds is 0. The summed E-state index contributed by atoms with van der Waals surface area (Å²) in [4.78, 5) is 12.9. The molecule has 0 aromatic heterocycles.